The molecular formula is C24H27ClO5. The van der Waals surface area contributed by atoms with E-state index in [9.17, 15) is 9.90 Å². The summed E-state index contributed by atoms with van der Waals surface area (Å²) in [6, 6.07) is 13.1. The number of carbonyl (C=O) groups excluding carboxylic acids is 1. The minimum atomic E-state index is -0.880. The van der Waals surface area contributed by atoms with Crippen LogP contribution in [0.25, 0.3) is 0 Å². The number of ketones is 1. The Labute approximate surface area is 181 Å². The Balaban J connectivity index is 1.50. The number of hydrogen-bond acceptors (Lipinski definition) is 5. The number of fused-ring (bicyclic) bond motifs is 1. The molecule has 1 aliphatic carbocycles. The van der Waals surface area contributed by atoms with E-state index in [1.165, 1.54) is 0 Å². The summed E-state index contributed by atoms with van der Waals surface area (Å²) in [7, 11) is 0. The highest BCUT2D eigenvalue weighted by Crippen LogP contribution is 2.42. The van der Waals surface area contributed by atoms with Crippen molar-refractivity contribution in [2.24, 2.45) is 5.92 Å². The third-order valence-corrected chi connectivity index (χ3v) is 6.12. The van der Waals surface area contributed by atoms with Crippen LogP contribution < -0.4 is 4.74 Å². The second-order valence-corrected chi connectivity index (χ2v) is 8.80. The summed E-state index contributed by atoms with van der Waals surface area (Å²) in [5, 5.41) is 11.3. The standard InChI is InChI=1S/C24H27ClO5/c1-4-28-17-8-5-14(6-9-17)11-16-12-15(7-10-19(16)25)21(26)18-13-20-23(22(18)27)30-24(2,3)29-20/h5-10,12,18,20,22-23,27H,4,11,13H2,1-3H3/t18-,20+,22+,23+/m0/s1. The summed E-state index contributed by atoms with van der Waals surface area (Å²) >= 11 is 6.40. The van der Waals surface area contributed by atoms with E-state index in [0.29, 0.717) is 30.0 Å². The summed E-state index contributed by atoms with van der Waals surface area (Å²) in [5.74, 6) is -0.554. The van der Waals surface area contributed by atoms with Crippen molar-refractivity contribution in [2.45, 2.75) is 57.7 Å². The molecule has 0 aromatic heterocycles. The van der Waals surface area contributed by atoms with E-state index >= 15 is 0 Å². The SMILES string of the molecule is CCOc1ccc(Cc2cc(C(=O)[C@@H]3C[C@H]4OC(C)(C)O[C@H]4[C@@H]3O)ccc2Cl)cc1. The van der Waals surface area contributed by atoms with Crippen molar-refractivity contribution in [3.05, 3.63) is 64.2 Å². The first-order valence-corrected chi connectivity index (χ1v) is 10.7. The Morgan fingerprint density at radius 3 is 2.60 bits per heavy atom. The maximum absolute atomic E-state index is 13.2. The Bertz CT molecular complexity index is 924. The number of Topliss-reactive ketones (excluding diaryl/α,β-unsaturated/α-hetero) is 1. The smallest absolute Gasteiger partial charge is 0.168 e. The quantitative estimate of drug-likeness (QED) is 0.687. The van der Waals surface area contributed by atoms with Crippen LogP contribution in [0.2, 0.25) is 5.02 Å². The molecule has 5 nitrogen and oxygen atoms in total. The Hall–Kier alpha value is -1.92. The fourth-order valence-electron chi connectivity index (χ4n) is 4.38. The number of hydrogen-bond donors (Lipinski definition) is 1. The summed E-state index contributed by atoms with van der Waals surface area (Å²) in [6.45, 7) is 6.21. The molecule has 1 saturated carbocycles. The van der Waals surface area contributed by atoms with Crippen LogP contribution in [0.5, 0.6) is 5.75 Å². The zero-order valence-corrected chi connectivity index (χ0v) is 18.2. The van der Waals surface area contributed by atoms with Gasteiger partial charge < -0.3 is 19.3 Å². The summed E-state index contributed by atoms with van der Waals surface area (Å²) in [5.41, 5.74) is 2.49. The van der Waals surface area contributed by atoms with Crippen LogP contribution in [0.4, 0.5) is 0 Å². The Morgan fingerprint density at radius 2 is 1.93 bits per heavy atom. The summed E-state index contributed by atoms with van der Waals surface area (Å²) in [4.78, 5) is 13.2. The van der Waals surface area contributed by atoms with E-state index in [1.807, 2.05) is 51.1 Å². The minimum Gasteiger partial charge on any atom is -0.494 e. The average molecular weight is 431 g/mol. The highest BCUT2D eigenvalue weighted by molar-refractivity contribution is 6.31. The molecule has 2 fully saturated rings. The molecule has 0 amide bonds. The van der Waals surface area contributed by atoms with Gasteiger partial charge in [0.25, 0.3) is 0 Å². The van der Waals surface area contributed by atoms with Crippen LogP contribution >= 0.6 is 11.6 Å². The fourth-order valence-corrected chi connectivity index (χ4v) is 4.57. The minimum absolute atomic E-state index is 0.105. The predicted octanol–water partition coefficient (Wildman–Crippen LogP) is 4.41. The Morgan fingerprint density at radius 1 is 1.20 bits per heavy atom. The van der Waals surface area contributed by atoms with Gasteiger partial charge in [0.1, 0.15) is 11.9 Å². The highest BCUT2D eigenvalue weighted by atomic mass is 35.5. The lowest BCUT2D eigenvalue weighted by Crippen LogP contribution is -2.34. The van der Waals surface area contributed by atoms with Gasteiger partial charge in [0.2, 0.25) is 0 Å². The van der Waals surface area contributed by atoms with Crippen LogP contribution in [0.15, 0.2) is 42.5 Å². The zero-order chi connectivity index (χ0) is 21.5. The lowest BCUT2D eigenvalue weighted by atomic mass is 9.92. The van der Waals surface area contributed by atoms with Gasteiger partial charge in [-0.05, 0) is 75.1 Å². The molecule has 1 aliphatic heterocycles. The normalized spacial score (nSPS) is 27.1. The maximum atomic E-state index is 13.2. The van der Waals surface area contributed by atoms with Crippen molar-refractivity contribution in [3.8, 4) is 5.75 Å². The molecule has 1 heterocycles. The molecule has 1 saturated heterocycles. The second kappa shape index (κ2) is 8.31. The van der Waals surface area contributed by atoms with Crippen molar-refractivity contribution in [3.63, 3.8) is 0 Å². The van der Waals surface area contributed by atoms with Gasteiger partial charge in [-0.1, -0.05) is 23.7 Å². The van der Waals surface area contributed by atoms with E-state index in [-0.39, 0.29) is 11.9 Å². The number of benzene rings is 2. The van der Waals surface area contributed by atoms with Crippen molar-refractivity contribution in [1.29, 1.82) is 0 Å². The van der Waals surface area contributed by atoms with Gasteiger partial charge in [-0.25, -0.2) is 0 Å². The first-order valence-electron chi connectivity index (χ1n) is 10.4. The summed E-state index contributed by atoms with van der Waals surface area (Å²) < 4.78 is 17.1. The lowest BCUT2D eigenvalue weighted by molar-refractivity contribution is -0.165. The molecule has 4 rings (SSSR count). The van der Waals surface area contributed by atoms with Crippen molar-refractivity contribution < 1.29 is 24.1 Å². The summed E-state index contributed by atoms with van der Waals surface area (Å²) in [6.07, 6.45) is -0.561. The molecule has 2 aliphatic rings. The van der Waals surface area contributed by atoms with Gasteiger partial charge >= 0.3 is 0 Å². The molecule has 0 spiro atoms. The number of aliphatic hydroxyl groups excluding tert-OH is 1. The number of carbonyl (C=O) groups is 1. The molecule has 160 valence electrons. The number of aliphatic hydroxyl groups is 1. The van der Waals surface area contributed by atoms with Gasteiger partial charge in [-0.15, -0.1) is 0 Å². The van der Waals surface area contributed by atoms with Crippen molar-refractivity contribution in [1.82, 2.24) is 0 Å². The van der Waals surface area contributed by atoms with Crippen LogP contribution in [0.1, 0.15) is 48.7 Å². The topological polar surface area (TPSA) is 65.0 Å². The van der Waals surface area contributed by atoms with E-state index in [1.54, 1.807) is 12.1 Å². The van der Waals surface area contributed by atoms with Crippen molar-refractivity contribution in [2.75, 3.05) is 6.61 Å². The molecule has 4 atom stereocenters. The molecular weight excluding hydrogens is 404 g/mol. The van der Waals surface area contributed by atoms with Gasteiger partial charge in [-0.3, -0.25) is 4.79 Å². The monoisotopic (exact) mass is 430 g/mol. The average Bonchev–Trinajstić information content (AvgIpc) is 3.17. The molecule has 6 heteroatoms. The number of rotatable bonds is 6. The molecule has 1 N–H and O–H groups in total. The van der Waals surface area contributed by atoms with E-state index in [0.717, 1.165) is 16.9 Å². The lowest BCUT2D eigenvalue weighted by Gasteiger charge is -2.23. The third-order valence-electron chi connectivity index (χ3n) is 5.75. The van der Waals surface area contributed by atoms with E-state index in [4.69, 9.17) is 25.8 Å². The second-order valence-electron chi connectivity index (χ2n) is 8.40. The first kappa shape index (κ1) is 21.3. The zero-order valence-electron chi connectivity index (χ0n) is 17.4. The van der Waals surface area contributed by atoms with Gasteiger partial charge in [-0.2, -0.15) is 0 Å². The van der Waals surface area contributed by atoms with Crippen LogP contribution in [0.3, 0.4) is 0 Å². The third kappa shape index (κ3) is 4.26. The van der Waals surface area contributed by atoms with Crippen LogP contribution in [-0.2, 0) is 15.9 Å². The van der Waals surface area contributed by atoms with E-state index in [2.05, 4.69) is 0 Å². The van der Waals surface area contributed by atoms with E-state index < -0.39 is 23.9 Å². The molecule has 2 aromatic carbocycles. The molecule has 0 radical (unpaired) electrons. The maximum Gasteiger partial charge on any atom is 0.168 e. The molecule has 0 bridgehead atoms. The van der Waals surface area contributed by atoms with Crippen LogP contribution in [-0.4, -0.2) is 41.6 Å². The predicted molar refractivity (Wildman–Crippen MR) is 114 cm³/mol. The van der Waals surface area contributed by atoms with Gasteiger partial charge in [0, 0.05) is 10.6 Å². The highest BCUT2D eigenvalue weighted by Gasteiger charge is 2.54. The molecule has 0 unspecified atom stereocenters. The first-order chi connectivity index (χ1) is 14.3. The number of halogens is 1. The van der Waals surface area contributed by atoms with Gasteiger partial charge in [0.05, 0.1) is 24.7 Å². The van der Waals surface area contributed by atoms with Crippen molar-refractivity contribution >= 4 is 17.4 Å². The molecule has 30 heavy (non-hydrogen) atoms. The molecule has 2 aromatic rings. The van der Waals surface area contributed by atoms with Crippen LogP contribution in [0, 0.1) is 5.92 Å². The number of ether oxygens (including phenoxy) is 3. The fraction of sp³-hybridized carbons (Fsp3) is 0.458. The van der Waals surface area contributed by atoms with Gasteiger partial charge in [0.15, 0.2) is 11.6 Å². The largest absolute Gasteiger partial charge is 0.494 e. The Kier molecular flexibility index (Phi) is 5.90.